The molecule has 8 heteroatoms. The van der Waals surface area contributed by atoms with Gasteiger partial charge in [-0.3, -0.25) is 4.79 Å². The van der Waals surface area contributed by atoms with Gasteiger partial charge in [-0.25, -0.2) is 8.80 Å². The van der Waals surface area contributed by atoms with Crippen molar-refractivity contribution in [2.75, 3.05) is 20.3 Å². The number of nitrogens with one attached hydrogen (secondary N) is 1. The Bertz CT molecular complexity index is 471. The van der Waals surface area contributed by atoms with Gasteiger partial charge in [0.25, 0.3) is 0 Å². The molecule has 0 aromatic heterocycles. The zero-order valence-electron chi connectivity index (χ0n) is 9.89. The third-order valence-corrected chi connectivity index (χ3v) is 8.27. The van der Waals surface area contributed by atoms with Crippen LogP contribution in [0.5, 0.6) is 0 Å². The number of halogens is 2. The van der Waals surface area contributed by atoms with Crippen LogP contribution in [0.1, 0.15) is 0 Å². The number of hydrogen-bond acceptors (Lipinski definition) is 4. The molecule has 0 aliphatic heterocycles. The van der Waals surface area contributed by atoms with Crippen molar-refractivity contribution in [3.8, 4) is 0 Å². The van der Waals surface area contributed by atoms with Gasteiger partial charge in [-0.05, 0) is 24.1 Å². The van der Waals surface area contributed by atoms with Crippen molar-refractivity contribution >= 4 is 53.1 Å². The number of benzene rings is 1. The predicted octanol–water partition coefficient (Wildman–Crippen LogP) is 2.57. The highest BCUT2D eigenvalue weighted by molar-refractivity contribution is 8.21. The minimum Gasteiger partial charge on any atom is -0.260 e. The van der Waals surface area contributed by atoms with Crippen molar-refractivity contribution in [3.63, 3.8) is 0 Å². The number of rotatable bonds is 6. The number of nitrogens with zero attached hydrogens (tertiary/aromatic N) is 1. The maximum Gasteiger partial charge on any atom is 0.316 e. The Morgan fingerprint density at radius 3 is 2.61 bits per heavy atom. The first-order valence-corrected chi connectivity index (χ1v) is 9.35. The monoisotopic (exact) mass is 326 g/mol. The van der Waals surface area contributed by atoms with Crippen LogP contribution in [0.15, 0.2) is 24.3 Å². The van der Waals surface area contributed by atoms with E-state index < -0.39 is 12.2 Å². The molecule has 0 saturated carbocycles. The summed E-state index contributed by atoms with van der Waals surface area (Å²) in [5.41, 5.74) is 0. The lowest BCUT2D eigenvalue weighted by Gasteiger charge is -2.27. The van der Waals surface area contributed by atoms with Gasteiger partial charge < -0.3 is 0 Å². The second kappa shape index (κ2) is 6.98. The van der Waals surface area contributed by atoms with Crippen molar-refractivity contribution in [1.29, 1.82) is 0 Å². The quantitative estimate of drug-likeness (QED) is 0.493. The van der Waals surface area contributed by atoms with E-state index in [1.165, 1.54) is 0 Å². The van der Waals surface area contributed by atoms with E-state index in [1.54, 1.807) is 12.1 Å². The molecule has 1 unspecified atom stereocenters. The first kappa shape index (κ1) is 16.1. The summed E-state index contributed by atoms with van der Waals surface area (Å²) in [6, 6.07) is 5.96. The molecule has 0 heterocycles. The van der Waals surface area contributed by atoms with Crippen molar-refractivity contribution < 1.29 is 9.18 Å². The van der Waals surface area contributed by atoms with E-state index in [-0.39, 0.29) is 6.54 Å². The molecule has 18 heavy (non-hydrogen) atoms. The van der Waals surface area contributed by atoms with Crippen LogP contribution >= 0.6 is 29.9 Å². The molecule has 0 aliphatic rings. The number of carbonyl (C=O) groups excluding carboxylic acids is 1. The van der Waals surface area contributed by atoms with Crippen LogP contribution < -0.4 is 10.0 Å². The molecule has 3 nitrogen and oxygen atoms in total. The summed E-state index contributed by atoms with van der Waals surface area (Å²) in [6.07, 6.45) is -1.94. The Morgan fingerprint density at radius 2 is 2.11 bits per heavy atom. The van der Waals surface area contributed by atoms with Crippen molar-refractivity contribution in [1.82, 2.24) is 8.80 Å². The Labute approximate surface area is 120 Å². The van der Waals surface area contributed by atoms with Gasteiger partial charge in [-0.2, -0.15) is 4.39 Å². The second-order valence-electron chi connectivity index (χ2n) is 3.59. The van der Waals surface area contributed by atoms with Crippen LogP contribution in [0, 0.1) is 0 Å². The zero-order chi connectivity index (χ0) is 13.8. The Hall–Kier alpha value is 0.0300. The summed E-state index contributed by atoms with van der Waals surface area (Å²) < 4.78 is 16.5. The topological polar surface area (TPSA) is 32.3 Å². The van der Waals surface area contributed by atoms with Crippen LogP contribution in [0.4, 0.5) is 4.39 Å². The van der Waals surface area contributed by atoms with Crippen molar-refractivity contribution in [3.05, 3.63) is 29.3 Å². The molecule has 1 N–H and O–H groups in total. The average Bonchev–Trinajstić information content (AvgIpc) is 2.28. The number of carbonyl (C=O) groups is 1. The van der Waals surface area contributed by atoms with E-state index in [0.29, 0.717) is 5.02 Å². The van der Waals surface area contributed by atoms with Crippen LogP contribution in [0.25, 0.3) is 0 Å². The predicted molar refractivity (Wildman–Crippen MR) is 80.8 cm³/mol. The molecule has 0 spiro atoms. The molecule has 1 aromatic rings. The Kier molecular flexibility index (Phi) is 6.24. The molecule has 1 aromatic carbocycles. The Morgan fingerprint density at radius 1 is 1.56 bits per heavy atom. The van der Waals surface area contributed by atoms with Gasteiger partial charge >= 0.3 is 6.04 Å². The van der Waals surface area contributed by atoms with Crippen LogP contribution in [0.2, 0.25) is 5.02 Å². The first-order valence-electron chi connectivity index (χ1n) is 5.00. The minimum atomic E-state index is -1.94. The van der Waals surface area contributed by atoms with E-state index in [4.69, 9.17) is 23.4 Å². The largest absolute Gasteiger partial charge is 0.316 e. The summed E-state index contributed by atoms with van der Waals surface area (Å²) in [4.78, 5) is 10.2. The van der Waals surface area contributed by atoms with Crippen LogP contribution in [-0.4, -0.2) is 30.4 Å². The minimum absolute atomic E-state index is 0.328. The highest BCUT2D eigenvalue weighted by Gasteiger charge is 2.20. The van der Waals surface area contributed by atoms with Crippen LogP contribution in [-0.2, 0) is 16.6 Å². The fraction of sp³-hybridized carbons (Fsp3) is 0.300. The van der Waals surface area contributed by atoms with Gasteiger partial charge in [0.15, 0.2) is 0 Å². The fourth-order valence-electron chi connectivity index (χ4n) is 1.14. The summed E-state index contributed by atoms with van der Waals surface area (Å²) in [6.45, 7) is 1.63. The number of hydrogen-bond donors (Lipinski definition) is 1. The van der Waals surface area contributed by atoms with Crippen molar-refractivity contribution in [2.24, 2.45) is 0 Å². The van der Waals surface area contributed by atoms with Crippen molar-refractivity contribution in [2.45, 2.75) is 0 Å². The second-order valence-corrected chi connectivity index (χ2v) is 10.3. The summed E-state index contributed by atoms with van der Waals surface area (Å²) >= 11 is 12.6. The zero-order valence-corrected chi connectivity index (χ0v) is 13.2. The van der Waals surface area contributed by atoms with Gasteiger partial charge in [-0.1, -0.05) is 35.5 Å². The first-order chi connectivity index (χ1) is 8.34. The Balaban J connectivity index is 2.70. The molecule has 0 radical (unpaired) electrons. The van der Waals surface area contributed by atoms with Gasteiger partial charge in [0.1, 0.15) is 0 Å². The van der Waals surface area contributed by atoms with Gasteiger partial charge in [0, 0.05) is 24.2 Å². The molecule has 0 saturated heterocycles. The molecule has 1 rings (SSSR count). The molecule has 0 fully saturated rings. The lowest BCUT2D eigenvalue weighted by atomic mass is 10.4. The van der Waals surface area contributed by atoms with Crippen LogP contribution in [0.3, 0.4) is 0 Å². The van der Waals surface area contributed by atoms with Gasteiger partial charge in [-0.15, -0.1) is 0 Å². The fourth-order valence-corrected chi connectivity index (χ4v) is 4.40. The molecule has 0 amide bonds. The molecule has 0 aliphatic carbocycles. The van der Waals surface area contributed by atoms with E-state index in [0.717, 1.165) is 17.4 Å². The molecule has 0 bridgehead atoms. The maximum absolute atomic E-state index is 12.1. The van der Waals surface area contributed by atoms with E-state index in [2.05, 4.69) is 4.72 Å². The van der Waals surface area contributed by atoms with Gasteiger partial charge in [0.05, 0.1) is 12.7 Å². The highest BCUT2D eigenvalue weighted by Crippen LogP contribution is 2.47. The third kappa shape index (κ3) is 4.61. The summed E-state index contributed by atoms with van der Waals surface area (Å²) in [5.74, 6) is 0. The SMILES string of the molecule is CN(SNCC(=O)F)P(C)(=S)c1ccc(Cl)cc1. The smallest absolute Gasteiger partial charge is 0.260 e. The molecular formula is C10H13ClFN2OPS2. The molecular weight excluding hydrogens is 314 g/mol. The summed E-state index contributed by atoms with van der Waals surface area (Å²) in [7, 11) is 1.82. The maximum atomic E-state index is 12.1. The molecule has 1 atom stereocenters. The third-order valence-electron chi connectivity index (χ3n) is 2.25. The normalized spacial score (nSPS) is 14.5. The lowest BCUT2D eigenvalue weighted by molar-refractivity contribution is -0.127. The standard InChI is InChI=1S/C10H13ClFN2OPS2/c1-14(18-13-7-10(12)15)16(2,17)9-5-3-8(11)4-6-9/h3-6,13H,7H2,1-2H3. The average molecular weight is 327 g/mol. The molecule has 100 valence electrons. The summed E-state index contributed by atoms with van der Waals surface area (Å²) in [5, 5.41) is 1.66. The lowest BCUT2D eigenvalue weighted by Crippen LogP contribution is -2.22. The van der Waals surface area contributed by atoms with E-state index in [1.807, 2.05) is 29.9 Å². The van der Waals surface area contributed by atoms with E-state index in [9.17, 15) is 9.18 Å². The van der Waals surface area contributed by atoms with Gasteiger partial charge in [0.2, 0.25) is 0 Å². The van der Waals surface area contributed by atoms with E-state index >= 15 is 0 Å². The highest BCUT2D eigenvalue weighted by atomic mass is 35.5.